The van der Waals surface area contributed by atoms with Crippen molar-refractivity contribution in [1.29, 1.82) is 0 Å². The first-order chi connectivity index (χ1) is 88.6. The lowest BCUT2D eigenvalue weighted by Gasteiger charge is -2.19. The fourth-order valence-electron chi connectivity index (χ4n) is 21.2. The van der Waals surface area contributed by atoms with Crippen molar-refractivity contribution in [3.63, 3.8) is 0 Å². The summed E-state index contributed by atoms with van der Waals surface area (Å²) >= 11 is 0. The number of hydrogen-bond donors (Lipinski definition) is 0. The Hall–Kier alpha value is -19.3. The van der Waals surface area contributed by atoms with E-state index in [9.17, 15) is 16.4 Å². The maximum absolute atomic E-state index is 9.48. The fourth-order valence-corrected chi connectivity index (χ4v) is 21.2. The van der Waals surface area contributed by atoms with Crippen molar-refractivity contribution < 1.29 is 66.7 Å². The number of aromatic nitrogens is 1. The van der Waals surface area contributed by atoms with Crippen molar-refractivity contribution in [3.8, 4) is 128 Å². The molecule has 0 aliphatic heterocycles. The standard InChI is InChI=1S/C50H31NO.C48H30O.C44H28O/c1-2-15-32(16-3-1)47-37-21-4-6-23-39(37)48(40-24-7-5-22-38(40)47)33-17-14-18-34(31-33)49-44(29-30-46-50(49)41-25-10-13-28-45(41)52-46)51-42-26-11-8-19-35(42)36-20-9-12-27-43(36)51;1-2-14-32(15-3-1)45-38-19-6-8-21-40(38)46(41-22-9-7-20-39(41)45)35-17-12-18-36(30-35)47-37(34-26-25-31-13-4-5-16-33(31)29-34)27-28-44-48(47)42-23-10-11-24-43(42)49-44;1-3-13-29(14-4-1)31-25-26-40-39(28-31)44-34(23-12-24-41(44)45-40)32-17-11-18-33(27-32)43-37-21-9-7-19-35(37)42(30-15-5-2-6-16-30)36-20-8-10-22-38(36)43/h1-31H;1-30H;1-28H/i1D,2D,3D,4D,5D,6D,7D,15D,16D,21D,22D,23D,24D;1D,2D,3D,6D,7D,8D,9D,14D,15D,19D,20D,21D,22D;2D,5D,6D,7D,8D,9D,10D,15D,16D,19D,20D,21D,22D. The van der Waals surface area contributed by atoms with E-state index in [0.29, 0.717) is 66.9 Å². The average Bonchev–Trinajstić information content (AvgIpc) is 0.980. The topological polar surface area (TPSA) is 44.4 Å². The van der Waals surface area contributed by atoms with Crippen LogP contribution in [-0.4, -0.2) is 4.57 Å². The molecule has 0 atom stereocenters. The minimum absolute atomic E-state index is 0.0506. The molecule has 680 valence electrons. The van der Waals surface area contributed by atoms with E-state index in [-0.39, 0.29) is 98.0 Å². The van der Waals surface area contributed by atoms with Crippen LogP contribution in [-0.2, 0) is 0 Å². The first-order valence-corrected chi connectivity index (χ1v) is 46.9. The zero-order valence-electron chi connectivity index (χ0n) is 116. The van der Waals surface area contributed by atoms with Crippen LogP contribution >= 0.6 is 0 Å². The van der Waals surface area contributed by atoms with Gasteiger partial charge in [0.25, 0.3) is 0 Å². The van der Waals surface area contributed by atoms with Gasteiger partial charge in [0.1, 0.15) is 33.5 Å². The Balaban J connectivity index is 0.000000126. The minimum atomic E-state index is -0.722. The Morgan fingerprint density at radius 2 is 0.459 bits per heavy atom. The second-order valence-corrected chi connectivity index (χ2v) is 35.2. The molecule has 0 aliphatic rings. The van der Waals surface area contributed by atoms with Crippen molar-refractivity contribution >= 4 is 163 Å². The minimum Gasteiger partial charge on any atom is -0.456 e. The van der Waals surface area contributed by atoms with Crippen molar-refractivity contribution in [1.82, 2.24) is 4.57 Å². The van der Waals surface area contributed by atoms with E-state index in [4.69, 9.17) is 50.3 Å². The second kappa shape index (κ2) is 35.5. The van der Waals surface area contributed by atoms with Gasteiger partial charge in [0, 0.05) is 54.2 Å². The van der Waals surface area contributed by atoms with E-state index < -0.39 is 252 Å². The van der Waals surface area contributed by atoms with Gasteiger partial charge >= 0.3 is 0 Å². The van der Waals surface area contributed by atoms with Gasteiger partial charge in [0.05, 0.1) is 70.2 Å². The van der Waals surface area contributed by atoms with Crippen LogP contribution in [0.1, 0.15) is 53.5 Å². The Morgan fingerprint density at radius 3 is 0.918 bits per heavy atom. The molecule has 4 heteroatoms. The van der Waals surface area contributed by atoms with Crippen molar-refractivity contribution in [2.75, 3.05) is 0 Å². The Morgan fingerprint density at radius 1 is 0.151 bits per heavy atom. The van der Waals surface area contributed by atoms with Crippen LogP contribution in [0.5, 0.6) is 0 Å². The summed E-state index contributed by atoms with van der Waals surface area (Å²) in [4.78, 5) is 0. The number of hydrogen-bond acceptors (Lipinski definition) is 3. The third-order valence-corrected chi connectivity index (χ3v) is 27.3. The normalized spacial score (nSPS) is 15.4. The van der Waals surface area contributed by atoms with E-state index in [1.54, 1.807) is 42.5 Å². The smallest absolute Gasteiger partial charge is 0.136 e. The molecular weight excluding hydrogens is 1770 g/mol. The summed E-state index contributed by atoms with van der Waals surface area (Å²) in [6, 6.07) is 71.6. The van der Waals surface area contributed by atoms with Crippen molar-refractivity contribution in [3.05, 3.63) is 539 Å². The van der Waals surface area contributed by atoms with Gasteiger partial charge in [-0.05, 0) is 272 Å². The lowest BCUT2D eigenvalue weighted by Crippen LogP contribution is -1.98. The molecule has 30 aromatic rings. The number of para-hydroxylation sites is 4. The fraction of sp³-hybridized carbons (Fsp3) is 0. The van der Waals surface area contributed by atoms with Crippen molar-refractivity contribution in [2.24, 2.45) is 0 Å². The SMILES string of the molecule is [2H]c1c([2H])c([2H])c(-c2c3c([2H])c([2H])c([2H])c([2H])c3c(-c3cccc(-c4c(-c5ccc6ccccc6c5)ccc5oc6ccccc6c45)c3)c3c([2H])c([2H])c([2H])c([2H])c23)c([2H])c1[2H].[2H]c1c([2H])c([2H])c(-c2c3c([2H])c([2H])c([2H])c([2H])c3c(-c3cccc(-c4c(-n5c6ccccc6c6ccccc65)ccc5oc6ccccc6c45)c3)c3c([2H])c([2H])c([2H])c([2H])c23)c([2H])c1[2H].[2H]c1c([2H])c([2H])c(-c2c3c([2H])c([2H])c([2H])c([2H])c3c(-c3cccc(-c4cccc5oc6ccc(-c7ccccc7)cc6c45)c3)c3c([2H])c([2H])c([2H])c([2H])c23)c([2H])c1[2H]. The van der Waals surface area contributed by atoms with Crippen molar-refractivity contribution in [2.45, 2.75) is 0 Å². The molecule has 0 aliphatic carbocycles. The number of nitrogens with zero attached hydrogens (tertiary/aromatic N) is 1. The predicted octanol–water partition coefficient (Wildman–Crippen LogP) is 40.3. The zero-order valence-corrected chi connectivity index (χ0v) is 76.5. The summed E-state index contributed by atoms with van der Waals surface area (Å²) in [6.07, 6.45) is 0. The van der Waals surface area contributed by atoms with Gasteiger partial charge in [-0.1, -0.05) is 454 Å². The molecule has 0 radical (unpaired) electrons. The molecule has 4 heterocycles. The van der Waals surface area contributed by atoms with E-state index in [1.165, 1.54) is 0 Å². The van der Waals surface area contributed by atoms with Gasteiger partial charge in [-0.2, -0.15) is 0 Å². The molecule has 26 aromatic carbocycles. The molecule has 0 spiro atoms. The van der Waals surface area contributed by atoms with Crippen LogP contribution in [0.3, 0.4) is 0 Å². The van der Waals surface area contributed by atoms with E-state index in [0.717, 1.165) is 110 Å². The van der Waals surface area contributed by atoms with E-state index in [1.807, 2.05) is 218 Å². The van der Waals surface area contributed by atoms with Gasteiger partial charge in [0.2, 0.25) is 0 Å². The molecule has 146 heavy (non-hydrogen) atoms. The Bertz CT molecular complexity index is 12700. The molecule has 0 fully saturated rings. The monoisotopic (exact) mass is 1890 g/mol. The summed E-state index contributed by atoms with van der Waals surface area (Å²) < 4.78 is 369. The summed E-state index contributed by atoms with van der Waals surface area (Å²) in [5, 5.41) is 6.77. The quantitative estimate of drug-likeness (QED) is 0.115. The highest BCUT2D eigenvalue weighted by atomic mass is 16.3. The highest BCUT2D eigenvalue weighted by Gasteiger charge is 2.28. The van der Waals surface area contributed by atoms with E-state index >= 15 is 0 Å². The predicted molar refractivity (Wildman–Crippen MR) is 618 cm³/mol. The highest BCUT2D eigenvalue weighted by Crippen LogP contribution is 2.53. The molecule has 0 saturated heterocycles. The number of benzene rings is 26. The maximum atomic E-state index is 9.48. The Labute approximate surface area is 897 Å². The van der Waals surface area contributed by atoms with Gasteiger partial charge < -0.3 is 17.8 Å². The van der Waals surface area contributed by atoms with Gasteiger partial charge in [-0.15, -0.1) is 0 Å². The number of rotatable bonds is 12. The maximum Gasteiger partial charge on any atom is 0.136 e. The molecule has 4 aromatic heterocycles. The van der Waals surface area contributed by atoms with Gasteiger partial charge in [-0.3, -0.25) is 0 Å². The lowest BCUT2D eigenvalue weighted by atomic mass is 9.84. The molecule has 0 amide bonds. The first kappa shape index (κ1) is 53.9. The molecule has 0 bridgehead atoms. The van der Waals surface area contributed by atoms with Gasteiger partial charge in [-0.25, -0.2) is 0 Å². The van der Waals surface area contributed by atoms with Crippen LogP contribution in [0.2, 0.25) is 0 Å². The molecule has 0 unspecified atom stereocenters. The summed E-state index contributed by atoms with van der Waals surface area (Å²) in [7, 11) is 0. The zero-order chi connectivity index (χ0) is 130. The van der Waals surface area contributed by atoms with Gasteiger partial charge in [0.15, 0.2) is 0 Å². The summed E-state index contributed by atoms with van der Waals surface area (Å²) in [5.74, 6) is 0. The van der Waals surface area contributed by atoms with Crippen LogP contribution in [0.4, 0.5) is 0 Å². The lowest BCUT2D eigenvalue weighted by molar-refractivity contribution is 0.668. The third-order valence-electron chi connectivity index (χ3n) is 27.3. The molecule has 30 rings (SSSR count). The number of fused-ring (bicyclic) bond motifs is 19. The largest absolute Gasteiger partial charge is 0.456 e. The summed E-state index contributed by atoms with van der Waals surface area (Å²) in [5.41, 5.74) is 13.5. The first-order valence-electron chi connectivity index (χ1n) is 66.4. The molecule has 4 nitrogen and oxygen atoms in total. The van der Waals surface area contributed by atoms with Crippen LogP contribution in [0.15, 0.2) is 552 Å². The summed E-state index contributed by atoms with van der Waals surface area (Å²) in [6.45, 7) is 0. The Kier molecular flexibility index (Phi) is 13.1. The number of furan rings is 3. The molecular formula is C142H89NO3. The van der Waals surface area contributed by atoms with Crippen LogP contribution < -0.4 is 0 Å². The highest BCUT2D eigenvalue weighted by molar-refractivity contribution is 6.27. The second-order valence-electron chi connectivity index (χ2n) is 35.2. The third kappa shape index (κ3) is 14.3. The molecule has 0 saturated carbocycles. The average molecular weight is 1900 g/mol. The van der Waals surface area contributed by atoms with Crippen LogP contribution in [0.25, 0.3) is 291 Å². The van der Waals surface area contributed by atoms with E-state index in [2.05, 4.69) is 47.0 Å². The van der Waals surface area contributed by atoms with Crippen LogP contribution in [0, 0.1) is 0 Å². The molecule has 0 N–H and O–H groups in total.